The van der Waals surface area contributed by atoms with Gasteiger partial charge in [-0.05, 0) is 26.7 Å². The molecule has 0 amide bonds. The molecule has 98 valence electrons. The number of nitrogens with zero attached hydrogens (tertiary/aromatic N) is 2. The molecule has 0 fully saturated rings. The maximum absolute atomic E-state index is 5.80. The fraction of sp³-hybridized carbons (Fsp3) is 0.769. The van der Waals surface area contributed by atoms with E-state index in [9.17, 15) is 0 Å². The van der Waals surface area contributed by atoms with E-state index in [2.05, 4.69) is 32.6 Å². The number of thiazole rings is 1. The van der Waals surface area contributed by atoms with Gasteiger partial charge in [-0.1, -0.05) is 20.3 Å². The Morgan fingerprint density at radius 3 is 2.53 bits per heavy atom. The lowest BCUT2D eigenvalue weighted by Crippen LogP contribution is -2.32. The third kappa shape index (κ3) is 3.42. The Morgan fingerprint density at radius 1 is 1.35 bits per heavy atom. The van der Waals surface area contributed by atoms with E-state index in [-0.39, 0.29) is 0 Å². The Morgan fingerprint density at radius 2 is 2.06 bits per heavy atom. The lowest BCUT2D eigenvalue weighted by molar-refractivity contribution is 0.627. The van der Waals surface area contributed by atoms with Gasteiger partial charge in [0.15, 0.2) is 5.13 Å². The summed E-state index contributed by atoms with van der Waals surface area (Å²) in [5.41, 5.74) is 7.00. The van der Waals surface area contributed by atoms with Crippen molar-refractivity contribution in [2.45, 2.75) is 59.5 Å². The van der Waals surface area contributed by atoms with Crippen LogP contribution < -0.4 is 10.6 Å². The van der Waals surface area contributed by atoms with Gasteiger partial charge in [-0.15, -0.1) is 11.3 Å². The minimum absolute atomic E-state index is 0.547. The van der Waals surface area contributed by atoms with Crippen molar-refractivity contribution in [1.82, 2.24) is 4.98 Å². The number of hydrogen-bond donors (Lipinski definition) is 1. The van der Waals surface area contributed by atoms with Crippen LogP contribution in [-0.4, -0.2) is 17.6 Å². The largest absolute Gasteiger partial charge is 0.346 e. The second-order valence-corrected chi connectivity index (χ2v) is 5.43. The van der Waals surface area contributed by atoms with Gasteiger partial charge in [-0.3, -0.25) is 0 Å². The summed E-state index contributed by atoms with van der Waals surface area (Å²) in [6.45, 7) is 10.5. The number of hydrogen-bond acceptors (Lipinski definition) is 4. The zero-order chi connectivity index (χ0) is 12.8. The Labute approximate surface area is 109 Å². The van der Waals surface area contributed by atoms with Crippen molar-refractivity contribution in [1.29, 1.82) is 0 Å². The molecule has 0 aliphatic rings. The van der Waals surface area contributed by atoms with Crippen LogP contribution in [0.25, 0.3) is 0 Å². The van der Waals surface area contributed by atoms with Gasteiger partial charge in [0.1, 0.15) is 0 Å². The molecule has 1 rings (SSSR count). The smallest absolute Gasteiger partial charge is 0.186 e. The highest BCUT2D eigenvalue weighted by Crippen LogP contribution is 2.28. The average Bonchev–Trinajstić information content (AvgIpc) is 2.73. The van der Waals surface area contributed by atoms with E-state index in [0.717, 1.165) is 30.9 Å². The molecule has 0 aliphatic carbocycles. The first kappa shape index (κ1) is 14.5. The molecule has 4 heteroatoms. The van der Waals surface area contributed by atoms with Gasteiger partial charge in [0.2, 0.25) is 0 Å². The van der Waals surface area contributed by atoms with Crippen molar-refractivity contribution in [3.05, 3.63) is 10.6 Å². The van der Waals surface area contributed by atoms with Gasteiger partial charge in [0.25, 0.3) is 0 Å². The predicted molar refractivity (Wildman–Crippen MR) is 76.8 cm³/mol. The summed E-state index contributed by atoms with van der Waals surface area (Å²) in [6, 6.07) is 0.547. The number of aryl methyl sites for hydroxylation is 1. The second kappa shape index (κ2) is 6.97. The molecule has 1 unspecified atom stereocenters. The quantitative estimate of drug-likeness (QED) is 0.813. The number of nitrogens with two attached hydrogens (primary N) is 1. The van der Waals surface area contributed by atoms with Crippen LogP contribution in [0.4, 0.5) is 5.13 Å². The van der Waals surface area contributed by atoms with Crippen LogP contribution in [0.3, 0.4) is 0 Å². The minimum atomic E-state index is 0.547. The molecule has 0 bridgehead atoms. The molecule has 1 aromatic rings. The summed E-state index contributed by atoms with van der Waals surface area (Å²) in [5, 5.41) is 1.14. The molecule has 1 heterocycles. The first-order valence-electron chi connectivity index (χ1n) is 6.63. The third-order valence-corrected chi connectivity index (χ3v) is 4.31. The zero-order valence-electron chi connectivity index (χ0n) is 11.5. The van der Waals surface area contributed by atoms with Crippen LogP contribution in [0.5, 0.6) is 0 Å². The van der Waals surface area contributed by atoms with Crippen molar-refractivity contribution in [3.63, 3.8) is 0 Å². The molecular weight excluding hydrogens is 230 g/mol. The van der Waals surface area contributed by atoms with Gasteiger partial charge >= 0.3 is 0 Å². The van der Waals surface area contributed by atoms with Crippen molar-refractivity contribution < 1.29 is 0 Å². The van der Waals surface area contributed by atoms with E-state index in [1.54, 1.807) is 11.3 Å². The second-order valence-electron chi connectivity index (χ2n) is 4.36. The predicted octanol–water partition coefficient (Wildman–Crippen LogP) is 3.18. The van der Waals surface area contributed by atoms with Gasteiger partial charge in [-0.2, -0.15) is 0 Å². The van der Waals surface area contributed by atoms with Crippen molar-refractivity contribution in [2.75, 3.05) is 11.4 Å². The van der Waals surface area contributed by atoms with Gasteiger partial charge in [0.05, 0.1) is 5.69 Å². The summed E-state index contributed by atoms with van der Waals surface area (Å²) in [5.74, 6) is 0. The molecule has 2 N–H and O–H groups in total. The van der Waals surface area contributed by atoms with E-state index in [1.165, 1.54) is 10.6 Å². The highest BCUT2D eigenvalue weighted by Gasteiger charge is 2.17. The van der Waals surface area contributed by atoms with E-state index >= 15 is 0 Å². The Kier molecular flexibility index (Phi) is 5.92. The van der Waals surface area contributed by atoms with Crippen LogP contribution in [0.15, 0.2) is 0 Å². The number of aromatic nitrogens is 1. The monoisotopic (exact) mass is 255 g/mol. The summed E-state index contributed by atoms with van der Waals surface area (Å²) >= 11 is 1.77. The normalized spacial score (nSPS) is 12.8. The molecule has 0 saturated carbocycles. The Bertz CT molecular complexity index is 335. The lowest BCUT2D eigenvalue weighted by Gasteiger charge is -2.26. The highest BCUT2D eigenvalue weighted by molar-refractivity contribution is 7.15. The standard InChI is InChI=1S/C13H25N3S/c1-5-8-11-12(9-14)17-13(15-11)16(7-3)10(4)6-2/h10H,5-9,14H2,1-4H3. The van der Waals surface area contributed by atoms with Crippen LogP contribution in [0, 0.1) is 0 Å². The summed E-state index contributed by atoms with van der Waals surface area (Å²) < 4.78 is 0. The van der Waals surface area contributed by atoms with E-state index < -0.39 is 0 Å². The fourth-order valence-corrected chi connectivity index (χ4v) is 3.09. The SMILES string of the molecule is CCCc1nc(N(CC)C(C)CC)sc1CN. The topological polar surface area (TPSA) is 42.2 Å². The Balaban J connectivity index is 2.96. The van der Waals surface area contributed by atoms with E-state index in [1.807, 2.05) is 0 Å². The molecule has 0 aromatic carbocycles. The molecule has 0 saturated heterocycles. The van der Waals surface area contributed by atoms with Gasteiger partial charge in [-0.25, -0.2) is 4.98 Å². The highest BCUT2D eigenvalue weighted by atomic mass is 32.1. The van der Waals surface area contributed by atoms with E-state index in [4.69, 9.17) is 10.7 Å². The summed E-state index contributed by atoms with van der Waals surface area (Å²) in [6.07, 6.45) is 3.32. The van der Waals surface area contributed by atoms with Crippen LogP contribution >= 0.6 is 11.3 Å². The first-order chi connectivity index (χ1) is 8.17. The lowest BCUT2D eigenvalue weighted by atomic mass is 10.2. The van der Waals surface area contributed by atoms with Crippen molar-refractivity contribution >= 4 is 16.5 Å². The molecular formula is C13H25N3S. The van der Waals surface area contributed by atoms with Crippen molar-refractivity contribution in [2.24, 2.45) is 5.73 Å². The van der Waals surface area contributed by atoms with Gasteiger partial charge in [0, 0.05) is 24.0 Å². The maximum Gasteiger partial charge on any atom is 0.186 e. The molecule has 3 nitrogen and oxygen atoms in total. The van der Waals surface area contributed by atoms with Crippen LogP contribution in [0.2, 0.25) is 0 Å². The third-order valence-electron chi connectivity index (χ3n) is 3.15. The Hall–Kier alpha value is -0.610. The molecule has 0 aliphatic heterocycles. The van der Waals surface area contributed by atoms with Crippen LogP contribution in [0.1, 0.15) is 51.1 Å². The molecule has 0 spiro atoms. The molecule has 17 heavy (non-hydrogen) atoms. The fourth-order valence-electron chi connectivity index (χ4n) is 1.94. The summed E-state index contributed by atoms with van der Waals surface area (Å²) in [4.78, 5) is 8.41. The first-order valence-corrected chi connectivity index (χ1v) is 7.44. The summed E-state index contributed by atoms with van der Waals surface area (Å²) in [7, 11) is 0. The number of rotatable bonds is 7. The van der Waals surface area contributed by atoms with Crippen LogP contribution in [-0.2, 0) is 13.0 Å². The average molecular weight is 255 g/mol. The molecule has 1 atom stereocenters. The van der Waals surface area contributed by atoms with Crippen molar-refractivity contribution in [3.8, 4) is 0 Å². The maximum atomic E-state index is 5.80. The van der Waals surface area contributed by atoms with Gasteiger partial charge < -0.3 is 10.6 Å². The molecule has 0 radical (unpaired) electrons. The van der Waals surface area contributed by atoms with E-state index in [0.29, 0.717) is 12.6 Å². The number of anilines is 1. The minimum Gasteiger partial charge on any atom is -0.346 e. The zero-order valence-corrected chi connectivity index (χ0v) is 12.3. The molecule has 1 aromatic heterocycles.